The van der Waals surface area contributed by atoms with Crippen molar-refractivity contribution in [3.05, 3.63) is 59.8 Å². The zero-order chi connectivity index (χ0) is 22.0. The third-order valence-electron chi connectivity index (χ3n) is 5.78. The number of benzene rings is 1. The molecular weight excluding hydrogens is 388 g/mol. The average Bonchev–Trinajstić information content (AvgIpc) is 3.33. The summed E-state index contributed by atoms with van der Waals surface area (Å²) in [5, 5.41) is 13.9. The van der Waals surface area contributed by atoms with Gasteiger partial charge in [0.2, 0.25) is 0 Å². The van der Waals surface area contributed by atoms with Crippen LogP contribution in [0.5, 0.6) is 5.75 Å². The van der Waals surface area contributed by atoms with E-state index in [9.17, 15) is 5.11 Å². The summed E-state index contributed by atoms with van der Waals surface area (Å²) in [6.45, 7) is 7.16. The molecule has 3 aromatic rings. The normalized spacial score (nSPS) is 17.6. The van der Waals surface area contributed by atoms with Gasteiger partial charge in [-0.3, -0.25) is 9.67 Å². The Morgan fingerprint density at radius 2 is 2.00 bits per heavy atom. The van der Waals surface area contributed by atoms with Crippen LogP contribution in [-0.2, 0) is 13.5 Å². The van der Waals surface area contributed by atoms with E-state index in [1.165, 1.54) is 0 Å². The number of fused-ring (bicyclic) bond motifs is 1. The number of aromatic nitrogens is 4. The van der Waals surface area contributed by atoms with E-state index in [0.717, 1.165) is 53.3 Å². The van der Waals surface area contributed by atoms with E-state index in [-0.39, 0.29) is 17.7 Å². The van der Waals surface area contributed by atoms with Crippen LogP contribution in [-0.4, -0.2) is 42.4 Å². The molecule has 3 heterocycles. The molecule has 7 heteroatoms. The van der Waals surface area contributed by atoms with Gasteiger partial charge in [-0.1, -0.05) is 19.1 Å². The zero-order valence-corrected chi connectivity index (χ0v) is 18.7. The number of rotatable bonds is 6. The van der Waals surface area contributed by atoms with Gasteiger partial charge in [0.05, 0.1) is 23.9 Å². The fourth-order valence-electron chi connectivity index (χ4n) is 3.99. The van der Waals surface area contributed by atoms with Crippen LogP contribution in [0.25, 0.3) is 0 Å². The number of phenols is 1. The van der Waals surface area contributed by atoms with E-state index in [1.54, 1.807) is 12.1 Å². The van der Waals surface area contributed by atoms with Crippen molar-refractivity contribution in [2.24, 2.45) is 23.0 Å². The lowest BCUT2D eigenvalue weighted by molar-refractivity contribution is 0.475. The van der Waals surface area contributed by atoms with E-state index < -0.39 is 0 Å². The number of aryl methyl sites for hydroxylation is 1. The number of imidazole rings is 1. The second-order valence-corrected chi connectivity index (χ2v) is 8.37. The van der Waals surface area contributed by atoms with Crippen molar-refractivity contribution in [2.45, 2.75) is 46.1 Å². The topological polar surface area (TPSA) is 80.6 Å². The van der Waals surface area contributed by atoms with Gasteiger partial charge < -0.3 is 9.67 Å². The second-order valence-electron chi connectivity index (χ2n) is 8.37. The fourth-order valence-corrected chi connectivity index (χ4v) is 3.99. The smallest absolute Gasteiger partial charge is 0.162 e. The van der Waals surface area contributed by atoms with Crippen LogP contribution >= 0.6 is 0 Å². The van der Waals surface area contributed by atoms with Crippen LogP contribution in [0.2, 0.25) is 0 Å². The first-order valence-electron chi connectivity index (χ1n) is 10.9. The molecule has 0 radical (unpaired) electrons. The van der Waals surface area contributed by atoms with Crippen LogP contribution < -0.4 is 0 Å². The minimum absolute atomic E-state index is 0.256. The minimum Gasteiger partial charge on any atom is -0.508 e. The number of aliphatic imine (C=N–C) groups is 2. The Balaban J connectivity index is 1.70. The molecule has 162 valence electrons. The molecule has 1 unspecified atom stereocenters. The van der Waals surface area contributed by atoms with Gasteiger partial charge in [0, 0.05) is 37.3 Å². The Kier molecular flexibility index (Phi) is 6.02. The molecule has 0 spiro atoms. The lowest BCUT2D eigenvalue weighted by Crippen LogP contribution is -2.18. The van der Waals surface area contributed by atoms with E-state index in [4.69, 9.17) is 15.0 Å². The monoisotopic (exact) mass is 418 g/mol. The lowest BCUT2D eigenvalue weighted by atomic mass is 9.91. The highest BCUT2D eigenvalue weighted by atomic mass is 16.3. The summed E-state index contributed by atoms with van der Waals surface area (Å²) in [5.74, 6) is 1.42. The van der Waals surface area contributed by atoms with Crippen LogP contribution in [0, 0.1) is 5.92 Å². The molecule has 2 aromatic heterocycles. The molecule has 1 aliphatic rings. The van der Waals surface area contributed by atoms with Gasteiger partial charge in [0.25, 0.3) is 0 Å². The first-order valence-corrected chi connectivity index (χ1v) is 10.9. The highest BCUT2D eigenvalue weighted by Gasteiger charge is 2.28. The third-order valence-corrected chi connectivity index (χ3v) is 5.78. The molecule has 0 saturated carbocycles. The van der Waals surface area contributed by atoms with Crippen molar-refractivity contribution < 1.29 is 5.11 Å². The average molecular weight is 419 g/mol. The molecule has 31 heavy (non-hydrogen) atoms. The first-order chi connectivity index (χ1) is 15.0. The second kappa shape index (κ2) is 8.88. The summed E-state index contributed by atoms with van der Waals surface area (Å²) >= 11 is 0. The van der Waals surface area contributed by atoms with Crippen molar-refractivity contribution >= 4 is 17.2 Å². The Bertz CT molecular complexity index is 1100. The highest BCUT2D eigenvalue weighted by Crippen LogP contribution is 2.32. The summed E-state index contributed by atoms with van der Waals surface area (Å²) in [4.78, 5) is 14.9. The van der Waals surface area contributed by atoms with Gasteiger partial charge in [0.1, 0.15) is 11.4 Å². The maximum absolute atomic E-state index is 9.49. The molecule has 0 amide bonds. The molecule has 1 N–H and O–H groups in total. The Morgan fingerprint density at radius 1 is 1.23 bits per heavy atom. The predicted molar refractivity (Wildman–Crippen MR) is 124 cm³/mol. The highest BCUT2D eigenvalue weighted by molar-refractivity contribution is 6.12. The van der Waals surface area contributed by atoms with Gasteiger partial charge in [-0.25, -0.2) is 9.98 Å². The van der Waals surface area contributed by atoms with Crippen molar-refractivity contribution in [3.8, 4) is 5.75 Å². The molecule has 0 fully saturated rings. The Labute approximate surface area is 183 Å². The summed E-state index contributed by atoms with van der Waals surface area (Å²) in [6, 6.07) is 7.58. The van der Waals surface area contributed by atoms with Crippen LogP contribution in [0.4, 0.5) is 5.82 Å². The number of nitrogens with zero attached hydrogens (tertiary/aromatic N) is 6. The van der Waals surface area contributed by atoms with Crippen LogP contribution in [0.15, 0.2) is 53.0 Å². The van der Waals surface area contributed by atoms with E-state index in [0.29, 0.717) is 6.54 Å². The molecule has 1 aliphatic heterocycles. The minimum atomic E-state index is 0.256. The molecule has 0 aliphatic carbocycles. The van der Waals surface area contributed by atoms with Crippen molar-refractivity contribution in [1.82, 2.24) is 19.3 Å². The number of hydrogen-bond donors (Lipinski definition) is 1. The largest absolute Gasteiger partial charge is 0.508 e. The zero-order valence-electron chi connectivity index (χ0n) is 18.7. The third kappa shape index (κ3) is 4.45. The van der Waals surface area contributed by atoms with Gasteiger partial charge in [-0.2, -0.15) is 5.10 Å². The summed E-state index contributed by atoms with van der Waals surface area (Å²) in [7, 11) is 1.93. The van der Waals surface area contributed by atoms with Crippen molar-refractivity contribution in [2.75, 3.05) is 6.54 Å². The fraction of sp³-hybridized carbons (Fsp3) is 0.417. The Hall–Kier alpha value is -3.22. The number of phenolic OH excluding ortho intramolecular Hbond substituents is 1. The van der Waals surface area contributed by atoms with Crippen molar-refractivity contribution in [3.63, 3.8) is 0 Å². The maximum Gasteiger partial charge on any atom is 0.162 e. The Morgan fingerprint density at radius 3 is 2.65 bits per heavy atom. The van der Waals surface area contributed by atoms with E-state index in [2.05, 4.69) is 30.4 Å². The molecule has 4 rings (SSSR count). The standard InChI is InChI=1S/C24H30N6O/c1-5-18-12-21(25-11-10-17-6-8-20(31)9-7-17)23-24(30(15-26-23)16(2)3)28-22(18)19-13-27-29(4)14-19/h6-9,13-16,18,31H,5,10-12H2,1-4H3. The molecule has 1 aromatic carbocycles. The van der Waals surface area contributed by atoms with Gasteiger partial charge in [-0.05, 0) is 50.8 Å². The quantitative estimate of drug-likeness (QED) is 0.641. The van der Waals surface area contributed by atoms with Crippen LogP contribution in [0.3, 0.4) is 0 Å². The van der Waals surface area contributed by atoms with Gasteiger partial charge >= 0.3 is 0 Å². The summed E-state index contributed by atoms with van der Waals surface area (Å²) in [6.07, 6.45) is 8.39. The SMILES string of the molecule is CCC1CC(=NCCc2ccc(O)cc2)c2ncn(C(C)C)c2N=C1c1cnn(C)c1. The molecule has 7 nitrogen and oxygen atoms in total. The molecule has 0 bridgehead atoms. The first kappa shape index (κ1) is 21.0. The summed E-state index contributed by atoms with van der Waals surface area (Å²) in [5.41, 5.74) is 5.17. The molecular formula is C24H30N6O. The molecule has 1 atom stereocenters. The summed E-state index contributed by atoms with van der Waals surface area (Å²) < 4.78 is 3.95. The van der Waals surface area contributed by atoms with Crippen LogP contribution in [0.1, 0.15) is 56.5 Å². The molecule has 0 saturated heterocycles. The lowest BCUT2D eigenvalue weighted by Gasteiger charge is -2.15. The number of aromatic hydroxyl groups is 1. The van der Waals surface area contributed by atoms with E-state index in [1.807, 2.05) is 42.6 Å². The maximum atomic E-state index is 9.49. The van der Waals surface area contributed by atoms with Crippen molar-refractivity contribution in [1.29, 1.82) is 0 Å². The van der Waals surface area contributed by atoms with E-state index >= 15 is 0 Å². The number of hydrogen-bond acceptors (Lipinski definition) is 5. The van der Waals surface area contributed by atoms with Gasteiger partial charge in [-0.15, -0.1) is 0 Å². The van der Waals surface area contributed by atoms with Gasteiger partial charge in [0.15, 0.2) is 5.82 Å². The predicted octanol–water partition coefficient (Wildman–Crippen LogP) is 4.49.